The maximum atomic E-state index is 5.03. The average molecular weight is 192 g/mol. The van der Waals surface area contributed by atoms with Crippen LogP contribution in [0.3, 0.4) is 0 Å². The lowest BCUT2D eigenvalue weighted by Crippen LogP contribution is -2.04. The van der Waals surface area contributed by atoms with E-state index in [4.69, 9.17) is 33.9 Å². The molecule has 0 aromatic heterocycles. The molecule has 0 bridgehead atoms. The summed E-state index contributed by atoms with van der Waals surface area (Å²) < 4.78 is 10.1. The predicted octanol–water partition coefficient (Wildman–Crippen LogP) is 2.10. The number of rotatable bonds is 4. The molecule has 64 valence electrons. The van der Waals surface area contributed by atoms with E-state index < -0.39 is 0 Å². The predicted molar refractivity (Wildman–Crippen MR) is 53.1 cm³/mol. The molecule has 0 amide bonds. The molecule has 0 rings (SSSR count). The summed E-state index contributed by atoms with van der Waals surface area (Å²) in [5.74, 6) is 0. The van der Waals surface area contributed by atoms with Gasteiger partial charge in [0.15, 0.2) is 10.1 Å². The van der Waals surface area contributed by atoms with Gasteiger partial charge in [-0.2, -0.15) is 0 Å². The van der Waals surface area contributed by atoms with Gasteiger partial charge in [-0.1, -0.05) is 0 Å². The van der Waals surface area contributed by atoms with Crippen molar-refractivity contribution in [3.63, 3.8) is 0 Å². The van der Waals surface area contributed by atoms with E-state index in [1.54, 1.807) is 13.8 Å². The molecule has 4 heteroatoms. The van der Waals surface area contributed by atoms with Crippen molar-refractivity contribution in [3.05, 3.63) is 0 Å². The van der Waals surface area contributed by atoms with Crippen LogP contribution in [0.2, 0.25) is 0 Å². The Morgan fingerprint density at radius 3 is 1.64 bits per heavy atom. The smallest absolute Gasteiger partial charge is 0.156 e. The summed E-state index contributed by atoms with van der Waals surface area (Å²) in [7, 11) is 0. The summed E-state index contributed by atoms with van der Waals surface area (Å²) >= 11 is 9.42. The van der Waals surface area contributed by atoms with Crippen molar-refractivity contribution in [1.29, 1.82) is 0 Å². The Labute approximate surface area is 77.9 Å². The van der Waals surface area contributed by atoms with E-state index in [-0.39, 0.29) is 0 Å². The molecule has 0 aromatic carbocycles. The standard InChI is InChI=1S/C7H12O2S2/c1-6(10)8-4-3-5-9-7(2)11/h3-5H2,1-2H3. The lowest BCUT2D eigenvalue weighted by molar-refractivity contribution is 0.239. The van der Waals surface area contributed by atoms with Crippen molar-refractivity contribution in [2.75, 3.05) is 13.2 Å². The van der Waals surface area contributed by atoms with Gasteiger partial charge < -0.3 is 9.47 Å². The van der Waals surface area contributed by atoms with E-state index >= 15 is 0 Å². The van der Waals surface area contributed by atoms with Crippen LogP contribution in [-0.4, -0.2) is 23.3 Å². The van der Waals surface area contributed by atoms with Gasteiger partial charge in [0, 0.05) is 20.3 Å². The average Bonchev–Trinajstić information content (AvgIpc) is 1.85. The molecule has 0 fully saturated rings. The second-order valence-electron chi connectivity index (χ2n) is 2.03. The number of hydrogen-bond donors (Lipinski definition) is 0. The highest BCUT2D eigenvalue weighted by Gasteiger charge is 1.91. The minimum atomic E-state index is 0.573. The summed E-state index contributed by atoms with van der Waals surface area (Å²) in [6, 6.07) is 0. The van der Waals surface area contributed by atoms with E-state index in [1.165, 1.54) is 0 Å². The van der Waals surface area contributed by atoms with Crippen LogP contribution >= 0.6 is 24.4 Å². The van der Waals surface area contributed by atoms with Gasteiger partial charge >= 0.3 is 0 Å². The summed E-state index contributed by atoms with van der Waals surface area (Å²) in [5, 5.41) is 1.15. The van der Waals surface area contributed by atoms with Crippen molar-refractivity contribution in [2.45, 2.75) is 20.3 Å². The van der Waals surface area contributed by atoms with Crippen LogP contribution in [0, 0.1) is 0 Å². The van der Waals surface area contributed by atoms with Gasteiger partial charge in [0.1, 0.15) is 0 Å². The third-order valence-electron chi connectivity index (χ3n) is 0.899. The molecular formula is C7H12O2S2. The first-order valence-electron chi connectivity index (χ1n) is 3.39. The molecule has 0 atom stereocenters. The normalized spacial score (nSPS) is 8.91. The Hall–Kier alpha value is -0.220. The highest BCUT2D eigenvalue weighted by Crippen LogP contribution is 1.88. The van der Waals surface area contributed by atoms with Gasteiger partial charge in [-0.25, -0.2) is 0 Å². The van der Waals surface area contributed by atoms with Crippen LogP contribution in [-0.2, 0) is 9.47 Å². The fraction of sp³-hybridized carbons (Fsp3) is 0.714. The zero-order valence-electron chi connectivity index (χ0n) is 6.75. The second kappa shape index (κ2) is 6.49. The second-order valence-corrected chi connectivity index (χ2v) is 3.18. The molecule has 0 unspecified atom stereocenters. The van der Waals surface area contributed by atoms with Gasteiger partial charge in [0.25, 0.3) is 0 Å². The zero-order chi connectivity index (χ0) is 8.69. The van der Waals surface area contributed by atoms with Crippen molar-refractivity contribution in [2.24, 2.45) is 0 Å². The van der Waals surface area contributed by atoms with Gasteiger partial charge in [0.05, 0.1) is 13.2 Å². The van der Waals surface area contributed by atoms with E-state index in [2.05, 4.69) is 0 Å². The van der Waals surface area contributed by atoms with Crippen molar-refractivity contribution >= 4 is 34.5 Å². The fourth-order valence-electron chi connectivity index (χ4n) is 0.491. The summed E-state index contributed by atoms with van der Waals surface area (Å²) in [6.07, 6.45) is 0.821. The first kappa shape index (κ1) is 10.8. The molecule has 0 N–H and O–H groups in total. The molecule has 0 heterocycles. The van der Waals surface area contributed by atoms with Crippen LogP contribution in [0.4, 0.5) is 0 Å². The minimum absolute atomic E-state index is 0.573. The quantitative estimate of drug-likeness (QED) is 0.501. The lowest BCUT2D eigenvalue weighted by Gasteiger charge is -2.04. The third-order valence-corrected chi connectivity index (χ3v) is 1.14. The van der Waals surface area contributed by atoms with E-state index in [1.807, 2.05) is 0 Å². The first-order chi connectivity index (χ1) is 5.13. The van der Waals surface area contributed by atoms with Crippen LogP contribution < -0.4 is 0 Å². The van der Waals surface area contributed by atoms with Gasteiger partial charge in [-0.3, -0.25) is 0 Å². The van der Waals surface area contributed by atoms with Gasteiger partial charge in [-0.15, -0.1) is 0 Å². The van der Waals surface area contributed by atoms with Crippen molar-refractivity contribution in [1.82, 2.24) is 0 Å². The zero-order valence-corrected chi connectivity index (χ0v) is 8.39. The Morgan fingerprint density at radius 1 is 1.00 bits per heavy atom. The molecule has 0 aliphatic heterocycles. The van der Waals surface area contributed by atoms with Crippen molar-refractivity contribution < 1.29 is 9.47 Å². The molecule has 2 nitrogen and oxygen atoms in total. The third kappa shape index (κ3) is 9.78. The number of ether oxygens (including phenoxy) is 2. The summed E-state index contributed by atoms with van der Waals surface area (Å²) in [4.78, 5) is 0. The monoisotopic (exact) mass is 192 g/mol. The Kier molecular flexibility index (Phi) is 6.36. The SMILES string of the molecule is CC(=S)OCCCOC(C)=S. The molecular weight excluding hydrogens is 180 g/mol. The number of hydrogen-bond acceptors (Lipinski definition) is 4. The van der Waals surface area contributed by atoms with Crippen LogP contribution in [0.25, 0.3) is 0 Å². The Bertz CT molecular complexity index is 129. The van der Waals surface area contributed by atoms with Crippen molar-refractivity contribution in [3.8, 4) is 0 Å². The lowest BCUT2D eigenvalue weighted by atomic mass is 10.5. The summed E-state index contributed by atoms with van der Waals surface area (Å²) in [6.45, 7) is 4.72. The minimum Gasteiger partial charge on any atom is -0.487 e. The summed E-state index contributed by atoms with van der Waals surface area (Å²) in [5.41, 5.74) is 0. The Balaban J connectivity index is 3.03. The first-order valence-corrected chi connectivity index (χ1v) is 4.21. The van der Waals surface area contributed by atoms with E-state index in [0.29, 0.717) is 23.3 Å². The highest BCUT2D eigenvalue weighted by atomic mass is 32.1. The van der Waals surface area contributed by atoms with Gasteiger partial charge in [-0.05, 0) is 24.4 Å². The largest absolute Gasteiger partial charge is 0.487 e. The molecule has 0 aromatic rings. The molecule has 0 aliphatic rings. The molecule has 0 saturated heterocycles. The van der Waals surface area contributed by atoms with E-state index in [0.717, 1.165) is 6.42 Å². The van der Waals surface area contributed by atoms with Crippen LogP contribution in [0.5, 0.6) is 0 Å². The highest BCUT2D eigenvalue weighted by molar-refractivity contribution is 7.80. The number of thiocarbonyl (C=S) groups is 2. The molecule has 0 saturated carbocycles. The van der Waals surface area contributed by atoms with Gasteiger partial charge in [0.2, 0.25) is 0 Å². The molecule has 0 radical (unpaired) electrons. The van der Waals surface area contributed by atoms with E-state index in [9.17, 15) is 0 Å². The topological polar surface area (TPSA) is 18.5 Å². The fourth-order valence-corrected chi connectivity index (χ4v) is 0.657. The maximum absolute atomic E-state index is 5.03. The van der Waals surface area contributed by atoms with Crippen LogP contribution in [0.1, 0.15) is 20.3 Å². The molecule has 0 aliphatic carbocycles. The maximum Gasteiger partial charge on any atom is 0.156 e. The van der Waals surface area contributed by atoms with Crippen LogP contribution in [0.15, 0.2) is 0 Å². The molecule has 0 spiro atoms. The molecule has 11 heavy (non-hydrogen) atoms. The Morgan fingerprint density at radius 2 is 1.36 bits per heavy atom.